The van der Waals surface area contributed by atoms with Gasteiger partial charge in [-0.2, -0.15) is 0 Å². The van der Waals surface area contributed by atoms with Gasteiger partial charge in [0.15, 0.2) is 0 Å². The third-order valence-electron chi connectivity index (χ3n) is 1.75. The van der Waals surface area contributed by atoms with Gasteiger partial charge in [-0.15, -0.1) is 0 Å². The van der Waals surface area contributed by atoms with Gasteiger partial charge in [-0.05, 0) is 13.8 Å². The molecule has 0 aliphatic heterocycles. The lowest BCUT2D eigenvalue weighted by Gasteiger charge is -2.31. The van der Waals surface area contributed by atoms with E-state index in [1.54, 1.807) is 0 Å². The Bertz CT molecular complexity index is 282. The van der Waals surface area contributed by atoms with E-state index in [4.69, 9.17) is 9.47 Å². The molecule has 2 unspecified atom stereocenters. The van der Waals surface area contributed by atoms with Gasteiger partial charge in [0.05, 0.1) is 0 Å². The van der Waals surface area contributed by atoms with Gasteiger partial charge >= 0.3 is 11.9 Å². The number of carbonyl (C=O) groups excluding carboxylic acids is 2. The Labute approximate surface area is 88.7 Å². The summed E-state index contributed by atoms with van der Waals surface area (Å²) >= 11 is 0. The summed E-state index contributed by atoms with van der Waals surface area (Å²) in [6.45, 7) is 8.66. The molecule has 0 fully saturated rings. The average Bonchev–Trinajstić information content (AvgIpc) is 2.01. The molecule has 5 nitrogen and oxygen atoms in total. The second-order valence-corrected chi connectivity index (χ2v) is 3.46. The van der Waals surface area contributed by atoms with Crippen LogP contribution in [0.25, 0.3) is 0 Å². The van der Waals surface area contributed by atoms with Gasteiger partial charge in [-0.1, -0.05) is 6.58 Å². The molecule has 0 aromatic heterocycles. The standard InChI is InChI=1S/C10H16O5/c1-6(2)9(13)15-10(5,7(3)11)14-8(4)12/h7,11H,1H2,2-5H3. The maximum absolute atomic E-state index is 11.2. The van der Waals surface area contributed by atoms with Gasteiger partial charge in [-0.3, -0.25) is 4.79 Å². The highest BCUT2D eigenvalue weighted by atomic mass is 16.7. The predicted molar refractivity (Wildman–Crippen MR) is 52.8 cm³/mol. The molecular weight excluding hydrogens is 200 g/mol. The predicted octanol–water partition coefficient (Wildman–Crippen LogP) is 0.766. The van der Waals surface area contributed by atoms with Gasteiger partial charge < -0.3 is 14.6 Å². The largest absolute Gasteiger partial charge is 0.420 e. The molecule has 0 spiro atoms. The quantitative estimate of drug-likeness (QED) is 0.427. The molecule has 0 aliphatic carbocycles. The number of hydrogen-bond acceptors (Lipinski definition) is 5. The number of aliphatic hydroxyl groups excluding tert-OH is 1. The van der Waals surface area contributed by atoms with E-state index in [1.807, 2.05) is 0 Å². The number of hydrogen-bond donors (Lipinski definition) is 1. The van der Waals surface area contributed by atoms with Crippen LogP contribution in [0.4, 0.5) is 0 Å². The van der Waals surface area contributed by atoms with Crippen molar-refractivity contribution in [2.75, 3.05) is 0 Å². The molecule has 5 heteroatoms. The van der Waals surface area contributed by atoms with Gasteiger partial charge in [-0.25, -0.2) is 4.79 Å². The summed E-state index contributed by atoms with van der Waals surface area (Å²) in [5, 5.41) is 9.37. The molecule has 0 saturated heterocycles. The van der Waals surface area contributed by atoms with E-state index in [-0.39, 0.29) is 5.57 Å². The number of ether oxygens (including phenoxy) is 2. The normalized spacial score (nSPS) is 16.1. The lowest BCUT2D eigenvalue weighted by Crippen LogP contribution is -2.46. The molecule has 0 bridgehead atoms. The van der Waals surface area contributed by atoms with Crippen LogP contribution < -0.4 is 0 Å². The highest BCUT2D eigenvalue weighted by Gasteiger charge is 2.37. The van der Waals surface area contributed by atoms with E-state index in [1.165, 1.54) is 20.8 Å². The van der Waals surface area contributed by atoms with E-state index in [0.717, 1.165) is 6.92 Å². The summed E-state index contributed by atoms with van der Waals surface area (Å²) in [7, 11) is 0. The molecule has 0 aromatic carbocycles. The van der Waals surface area contributed by atoms with E-state index < -0.39 is 23.8 Å². The zero-order valence-corrected chi connectivity index (χ0v) is 9.36. The first-order valence-corrected chi connectivity index (χ1v) is 4.45. The third-order valence-corrected chi connectivity index (χ3v) is 1.75. The topological polar surface area (TPSA) is 72.8 Å². The fourth-order valence-electron chi connectivity index (χ4n) is 0.748. The Kier molecular flexibility index (Phi) is 4.48. The highest BCUT2D eigenvalue weighted by molar-refractivity contribution is 5.87. The monoisotopic (exact) mass is 216 g/mol. The molecule has 0 rings (SSSR count). The van der Waals surface area contributed by atoms with Crippen LogP contribution in [-0.2, 0) is 19.1 Å². The van der Waals surface area contributed by atoms with Crippen LogP contribution >= 0.6 is 0 Å². The van der Waals surface area contributed by atoms with E-state index >= 15 is 0 Å². The molecule has 0 saturated carbocycles. The molecule has 0 heterocycles. The van der Waals surface area contributed by atoms with Crippen LogP contribution in [0, 0.1) is 0 Å². The molecule has 15 heavy (non-hydrogen) atoms. The van der Waals surface area contributed by atoms with Gasteiger partial charge in [0.1, 0.15) is 6.10 Å². The SMILES string of the molecule is C=C(C)C(=O)OC(C)(OC(C)=O)C(C)O. The van der Waals surface area contributed by atoms with Crippen LogP contribution in [-0.4, -0.2) is 28.9 Å². The van der Waals surface area contributed by atoms with Crippen molar-refractivity contribution in [3.8, 4) is 0 Å². The van der Waals surface area contributed by atoms with E-state index in [9.17, 15) is 14.7 Å². The number of rotatable bonds is 4. The lowest BCUT2D eigenvalue weighted by atomic mass is 10.2. The summed E-state index contributed by atoms with van der Waals surface area (Å²) < 4.78 is 9.59. The van der Waals surface area contributed by atoms with Gasteiger partial charge in [0.25, 0.3) is 5.79 Å². The van der Waals surface area contributed by atoms with Crippen molar-refractivity contribution in [1.82, 2.24) is 0 Å². The minimum atomic E-state index is -1.68. The fraction of sp³-hybridized carbons (Fsp3) is 0.600. The maximum Gasteiger partial charge on any atom is 0.336 e. The van der Waals surface area contributed by atoms with Crippen molar-refractivity contribution in [3.05, 3.63) is 12.2 Å². The Balaban J connectivity index is 4.73. The summed E-state index contributed by atoms with van der Waals surface area (Å²) in [6.07, 6.45) is -1.13. The minimum Gasteiger partial charge on any atom is -0.420 e. The van der Waals surface area contributed by atoms with Gasteiger partial charge in [0.2, 0.25) is 0 Å². The molecular formula is C10H16O5. The van der Waals surface area contributed by atoms with Crippen molar-refractivity contribution in [3.63, 3.8) is 0 Å². The third kappa shape index (κ3) is 4.12. The number of carbonyl (C=O) groups is 2. The van der Waals surface area contributed by atoms with Crippen molar-refractivity contribution < 1.29 is 24.2 Å². The molecule has 0 amide bonds. The zero-order chi connectivity index (χ0) is 12.2. The first-order chi connectivity index (χ1) is 6.69. The molecule has 1 N–H and O–H groups in total. The molecule has 0 aromatic rings. The summed E-state index contributed by atoms with van der Waals surface area (Å²) in [4.78, 5) is 22.0. The molecule has 86 valence electrons. The first-order valence-electron chi connectivity index (χ1n) is 4.45. The smallest absolute Gasteiger partial charge is 0.336 e. The van der Waals surface area contributed by atoms with Crippen LogP contribution in [0.1, 0.15) is 27.7 Å². The van der Waals surface area contributed by atoms with Crippen LogP contribution in [0.15, 0.2) is 12.2 Å². The van der Waals surface area contributed by atoms with E-state index in [0.29, 0.717) is 0 Å². The summed E-state index contributed by atoms with van der Waals surface area (Å²) in [5.41, 5.74) is 0.161. The summed E-state index contributed by atoms with van der Waals surface area (Å²) in [6, 6.07) is 0. The number of esters is 2. The van der Waals surface area contributed by atoms with Crippen LogP contribution in [0.3, 0.4) is 0 Å². The highest BCUT2D eigenvalue weighted by Crippen LogP contribution is 2.19. The van der Waals surface area contributed by atoms with Crippen molar-refractivity contribution in [2.45, 2.75) is 39.6 Å². The fourth-order valence-corrected chi connectivity index (χ4v) is 0.748. The lowest BCUT2D eigenvalue weighted by molar-refractivity contribution is -0.247. The van der Waals surface area contributed by atoms with Crippen molar-refractivity contribution >= 4 is 11.9 Å². The van der Waals surface area contributed by atoms with Crippen molar-refractivity contribution in [1.29, 1.82) is 0 Å². The average molecular weight is 216 g/mol. The van der Waals surface area contributed by atoms with Gasteiger partial charge in [0, 0.05) is 19.4 Å². The van der Waals surface area contributed by atoms with E-state index in [2.05, 4.69) is 6.58 Å². The Hall–Kier alpha value is -1.36. The second kappa shape index (κ2) is 4.93. The van der Waals surface area contributed by atoms with Crippen molar-refractivity contribution in [2.24, 2.45) is 0 Å². The number of aliphatic hydroxyl groups is 1. The van der Waals surface area contributed by atoms with Crippen LogP contribution in [0.5, 0.6) is 0 Å². The molecule has 0 aliphatic rings. The Morgan fingerprint density at radius 3 is 2.07 bits per heavy atom. The molecule has 0 radical (unpaired) electrons. The minimum absolute atomic E-state index is 0.161. The summed E-state index contributed by atoms with van der Waals surface area (Å²) in [5.74, 6) is -3.05. The first kappa shape index (κ1) is 13.6. The van der Waals surface area contributed by atoms with Crippen LogP contribution in [0.2, 0.25) is 0 Å². The molecule has 2 atom stereocenters. The Morgan fingerprint density at radius 1 is 1.33 bits per heavy atom. The zero-order valence-electron chi connectivity index (χ0n) is 9.36. The second-order valence-electron chi connectivity index (χ2n) is 3.46. The maximum atomic E-state index is 11.2. The Morgan fingerprint density at radius 2 is 1.80 bits per heavy atom.